The highest BCUT2D eigenvalue weighted by atomic mass is 19.4. The van der Waals surface area contributed by atoms with Crippen molar-refractivity contribution in [3.8, 4) is 0 Å². The minimum absolute atomic E-state index is 0.00771. The van der Waals surface area contributed by atoms with Crippen LogP contribution in [0.2, 0.25) is 0 Å². The number of guanidine groups is 1. The number of nitrogens with zero attached hydrogens (tertiary/aromatic N) is 3. The Balaban J connectivity index is 2.15. The first kappa shape index (κ1) is 32.3. The number of ether oxygens (including phenoxy) is 1. The average Bonchev–Trinajstić information content (AvgIpc) is 2.87. The van der Waals surface area contributed by atoms with Gasteiger partial charge in [0, 0.05) is 40.3 Å². The van der Waals surface area contributed by atoms with Crippen LogP contribution in [0.1, 0.15) is 46.2 Å². The van der Waals surface area contributed by atoms with Crippen molar-refractivity contribution in [3.05, 3.63) is 69.8 Å². The number of piperidine rings is 1. The Morgan fingerprint density at radius 2 is 1.44 bits per heavy atom. The molecule has 228 valence electrons. The fraction of sp³-hybridized carbons (Fsp3) is 0.500. The summed E-state index contributed by atoms with van der Waals surface area (Å²) in [6, 6.07) is 4.16. The molecule has 1 saturated heterocycles. The Hall–Kier alpha value is -3.20. The third-order valence-corrected chi connectivity index (χ3v) is 7.04. The molecule has 0 atom stereocenters. The molecular weight excluding hydrogens is 569 g/mol. The first-order chi connectivity index (χ1) is 18.9. The Morgan fingerprint density at radius 1 is 0.902 bits per heavy atom. The van der Waals surface area contributed by atoms with Crippen LogP contribution < -0.4 is 11.2 Å². The van der Waals surface area contributed by atoms with E-state index in [1.807, 2.05) is 11.9 Å². The number of hydrogen-bond donors (Lipinski definition) is 2. The Kier molecular flexibility index (Phi) is 9.43. The van der Waals surface area contributed by atoms with Crippen LogP contribution in [-0.4, -0.2) is 50.1 Å². The molecule has 3 rings (SSSR count). The summed E-state index contributed by atoms with van der Waals surface area (Å²) in [5.41, 5.74) is 3.44. The number of hydrogen-bond acceptors (Lipinski definition) is 4. The van der Waals surface area contributed by atoms with E-state index < -0.39 is 59.5 Å². The average molecular weight is 600 g/mol. The number of nitrogens with one attached hydrogen (secondary N) is 1. The highest BCUT2D eigenvalue weighted by molar-refractivity contribution is 5.78. The van der Waals surface area contributed by atoms with Crippen LogP contribution in [0.25, 0.3) is 0 Å². The second-order valence-electron chi connectivity index (χ2n) is 9.84. The van der Waals surface area contributed by atoms with Crippen molar-refractivity contribution in [2.24, 2.45) is 10.8 Å². The van der Waals surface area contributed by atoms with Gasteiger partial charge in [0.25, 0.3) is 0 Å². The molecule has 2 aromatic carbocycles. The second kappa shape index (κ2) is 12.0. The van der Waals surface area contributed by atoms with E-state index in [1.54, 1.807) is 0 Å². The first-order valence-electron chi connectivity index (χ1n) is 12.4. The number of rotatable bonds is 7. The van der Waals surface area contributed by atoms with E-state index in [0.29, 0.717) is 43.6 Å². The topological polar surface area (TPSA) is 66.1 Å². The molecule has 0 unspecified atom stereocenters. The van der Waals surface area contributed by atoms with Gasteiger partial charge >= 0.3 is 18.5 Å². The van der Waals surface area contributed by atoms with Gasteiger partial charge in [-0.2, -0.15) is 39.5 Å². The molecule has 3 N–H and O–H groups in total. The summed E-state index contributed by atoms with van der Waals surface area (Å²) in [6.07, 6.45) is -14.0. The summed E-state index contributed by atoms with van der Waals surface area (Å²) in [6.45, 7) is 0.106. The largest absolute Gasteiger partial charge is 0.416 e. The third kappa shape index (κ3) is 7.76. The van der Waals surface area contributed by atoms with Crippen LogP contribution in [0.15, 0.2) is 41.5 Å². The Morgan fingerprint density at radius 3 is 1.90 bits per heavy atom. The van der Waals surface area contributed by atoms with E-state index in [0.717, 1.165) is 17.0 Å². The molecule has 0 saturated carbocycles. The zero-order valence-electron chi connectivity index (χ0n) is 22.4. The van der Waals surface area contributed by atoms with E-state index in [-0.39, 0.29) is 17.6 Å². The van der Waals surface area contributed by atoms with E-state index in [4.69, 9.17) is 10.5 Å². The fourth-order valence-corrected chi connectivity index (χ4v) is 4.85. The molecule has 6 nitrogen and oxygen atoms in total. The lowest BCUT2D eigenvalue weighted by Crippen LogP contribution is -2.43. The predicted molar refractivity (Wildman–Crippen MR) is 133 cm³/mol. The number of benzene rings is 2. The van der Waals surface area contributed by atoms with Gasteiger partial charge in [-0.25, -0.2) is 0 Å². The number of likely N-dealkylation sites (tertiary alicyclic amines) is 1. The highest BCUT2D eigenvalue weighted by Crippen LogP contribution is 2.41. The lowest BCUT2D eigenvalue weighted by Gasteiger charge is -2.41. The standard InChI is InChI=1S/C26H30F9N5O/c1-37-38-22(36)40(14-16-10-19(25(30,31)32)13-20(11-16)26(33,34)35)15-17-12-18(24(27,28)29)4-5-21(17)23(41-3)6-8-39(2)9-7-23/h4-5,10-13,37H,6-9,14-15H2,1-3H3,(H2,36,38). The smallest absolute Gasteiger partial charge is 0.373 e. The van der Waals surface area contributed by atoms with Gasteiger partial charge < -0.3 is 25.7 Å². The normalized spacial score (nSPS) is 17.0. The van der Waals surface area contributed by atoms with Crippen LogP contribution in [0, 0.1) is 0 Å². The molecule has 1 heterocycles. The minimum Gasteiger partial charge on any atom is -0.373 e. The predicted octanol–water partition coefficient (Wildman–Crippen LogP) is 5.76. The maximum absolute atomic E-state index is 13.7. The van der Waals surface area contributed by atoms with Crippen LogP contribution in [-0.2, 0) is 42.0 Å². The second-order valence-corrected chi connectivity index (χ2v) is 9.84. The van der Waals surface area contributed by atoms with Gasteiger partial charge in [0.2, 0.25) is 5.96 Å². The van der Waals surface area contributed by atoms with Gasteiger partial charge in [0.05, 0.1) is 22.3 Å². The van der Waals surface area contributed by atoms with Gasteiger partial charge in [-0.1, -0.05) is 6.07 Å². The summed E-state index contributed by atoms with van der Waals surface area (Å²) in [5.74, 6) is -0.364. The van der Waals surface area contributed by atoms with Crippen molar-refractivity contribution in [1.82, 2.24) is 15.2 Å². The molecule has 0 spiro atoms. The Labute approximate surface area is 230 Å². The zero-order valence-corrected chi connectivity index (χ0v) is 22.4. The summed E-state index contributed by atoms with van der Waals surface area (Å²) < 4.78 is 128. The monoisotopic (exact) mass is 599 g/mol. The molecule has 1 aliphatic rings. The lowest BCUT2D eigenvalue weighted by molar-refractivity contribution is -0.143. The fourth-order valence-electron chi connectivity index (χ4n) is 4.85. The lowest BCUT2D eigenvalue weighted by atomic mass is 9.81. The Bertz CT molecular complexity index is 1200. The molecule has 0 amide bonds. The molecule has 2 aromatic rings. The summed E-state index contributed by atoms with van der Waals surface area (Å²) in [7, 11) is 4.67. The molecule has 0 aliphatic carbocycles. The summed E-state index contributed by atoms with van der Waals surface area (Å²) >= 11 is 0. The van der Waals surface area contributed by atoms with E-state index in [9.17, 15) is 39.5 Å². The van der Waals surface area contributed by atoms with Crippen molar-refractivity contribution >= 4 is 5.96 Å². The van der Waals surface area contributed by atoms with Crippen LogP contribution in [0.3, 0.4) is 0 Å². The van der Waals surface area contributed by atoms with Crippen molar-refractivity contribution in [3.63, 3.8) is 0 Å². The molecular formula is C26H30F9N5O. The van der Waals surface area contributed by atoms with Gasteiger partial charge in [0.15, 0.2) is 0 Å². The summed E-state index contributed by atoms with van der Waals surface area (Å²) in [5, 5.41) is 3.79. The van der Waals surface area contributed by atoms with Crippen molar-refractivity contribution in [1.29, 1.82) is 0 Å². The molecule has 15 heteroatoms. The van der Waals surface area contributed by atoms with Gasteiger partial charge in [-0.15, -0.1) is 5.10 Å². The van der Waals surface area contributed by atoms with E-state index in [1.165, 1.54) is 20.2 Å². The third-order valence-electron chi connectivity index (χ3n) is 7.04. The van der Waals surface area contributed by atoms with E-state index >= 15 is 0 Å². The summed E-state index contributed by atoms with van der Waals surface area (Å²) in [4.78, 5) is 3.13. The van der Waals surface area contributed by atoms with Crippen LogP contribution in [0.4, 0.5) is 39.5 Å². The van der Waals surface area contributed by atoms with Crippen LogP contribution >= 0.6 is 0 Å². The van der Waals surface area contributed by atoms with Crippen LogP contribution in [0.5, 0.6) is 0 Å². The first-order valence-corrected chi connectivity index (χ1v) is 12.4. The molecule has 41 heavy (non-hydrogen) atoms. The van der Waals surface area contributed by atoms with Crippen molar-refractivity contribution < 1.29 is 44.3 Å². The van der Waals surface area contributed by atoms with E-state index in [2.05, 4.69) is 10.5 Å². The molecule has 0 aromatic heterocycles. The quantitative estimate of drug-likeness (QED) is 0.183. The van der Waals surface area contributed by atoms with Crippen molar-refractivity contribution in [2.45, 2.75) is 50.1 Å². The van der Waals surface area contributed by atoms with Crippen molar-refractivity contribution in [2.75, 3.05) is 34.3 Å². The number of hydrazone groups is 1. The number of nitrogens with two attached hydrogens (primary N) is 1. The molecule has 1 aliphatic heterocycles. The number of alkyl halides is 9. The number of methoxy groups -OCH3 is 1. The maximum atomic E-state index is 13.7. The maximum Gasteiger partial charge on any atom is 0.416 e. The number of halogens is 9. The SMILES string of the molecule is CN/N=C(\N)N(Cc1cc(C(F)(F)F)cc(C(F)(F)F)c1)Cc1cc(C(F)(F)F)ccc1C1(OC)CCN(C)CC1. The molecule has 0 radical (unpaired) electrons. The highest BCUT2D eigenvalue weighted by Gasteiger charge is 2.40. The zero-order chi connectivity index (χ0) is 30.8. The van der Waals surface area contributed by atoms with Gasteiger partial charge in [-0.05, 0) is 66.9 Å². The van der Waals surface area contributed by atoms with Gasteiger partial charge in [-0.3, -0.25) is 0 Å². The van der Waals surface area contributed by atoms with Gasteiger partial charge in [0.1, 0.15) is 0 Å². The molecule has 0 bridgehead atoms. The minimum atomic E-state index is -5.08. The molecule has 1 fully saturated rings.